The largest absolute Gasteiger partial charge is 0.507 e. The van der Waals surface area contributed by atoms with Crippen molar-refractivity contribution in [2.45, 2.75) is 57.7 Å². The van der Waals surface area contributed by atoms with E-state index in [1.807, 2.05) is 30.5 Å². The number of anilines is 1. The molecule has 0 bridgehead atoms. The summed E-state index contributed by atoms with van der Waals surface area (Å²) in [5.74, 6) is 0.980. The minimum absolute atomic E-state index is 0.0581. The molecule has 0 amide bonds. The summed E-state index contributed by atoms with van der Waals surface area (Å²) < 4.78 is 1.72. The van der Waals surface area contributed by atoms with Crippen molar-refractivity contribution < 1.29 is 5.11 Å². The van der Waals surface area contributed by atoms with Crippen LogP contribution in [0.5, 0.6) is 5.75 Å². The quantitative estimate of drug-likeness (QED) is 0.686. The van der Waals surface area contributed by atoms with E-state index in [0.717, 1.165) is 24.3 Å². The number of benzene rings is 1. The smallest absolute Gasteiger partial charge is 0.151 e. The Hall–Kier alpha value is -2.93. The van der Waals surface area contributed by atoms with E-state index in [-0.39, 0.29) is 16.8 Å². The van der Waals surface area contributed by atoms with Gasteiger partial charge in [-0.15, -0.1) is 10.2 Å². The van der Waals surface area contributed by atoms with Gasteiger partial charge >= 0.3 is 0 Å². The highest BCUT2D eigenvalue weighted by atomic mass is 16.3. The molecular weight excluding hydrogens is 376 g/mol. The first-order valence-electron chi connectivity index (χ1n) is 10.3. The molecular formula is C23H30N6O. The van der Waals surface area contributed by atoms with Crippen LogP contribution in [0.2, 0.25) is 0 Å². The molecule has 3 aromatic rings. The lowest BCUT2D eigenvalue weighted by atomic mass is 9.79. The third-order valence-electron chi connectivity index (χ3n) is 5.76. The fourth-order valence-electron chi connectivity index (χ4n) is 4.77. The number of phenolic OH excluding ortho intramolecular Hbond substituents is 1. The first-order valence-corrected chi connectivity index (χ1v) is 10.3. The summed E-state index contributed by atoms with van der Waals surface area (Å²) in [6.07, 6.45) is 5.60. The van der Waals surface area contributed by atoms with Crippen molar-refractivity contribution in [3.05, 3.63) is 48.8 Å². The lowest BCUT2D eigenvalue weighted by molar-refractivity contribution is 0.160. The fourth-order valence-corrected chi connectivity index (χ4v) is 4.77. The maximum atomic E-state index is 10.5. The topological polar surface area (TPSA) is 79.1 Å². The number of nitrogens with zero attached hydrogens (tertiary/aromatic N) is 5. The number of phenols is 1. The highest BCUT2D eigenvalue weighted by molar-refractivity contribution is 5.76. The molecule has 2 aromatic heterocycles. The Morgan fingerprint density at radius 2 is 1.77 bits per heavy atom. The first kappa shape index (κ1) is 20.3. The van der Waals surface area contributed by atoms with Crippen LogP contribution in [0, 0.1) is 0 Å². The van der Waals surface area contributed by atoms with Crippen LogP contribution in [0.15, 0.2) is 48.8 Å². The zero-order valence-electron chi connectivity index (χ0n) is 18.3. The predicted molar refractivity (Wildman–Crippen MR) is 119 cm³/mol. The van der Waals surface area contributed by atoms with Gasteiger partial charge in [-0.2, -0.15) is 5.10 Å². The molecule has 0 unspecified atom stereocenters. The van der Waals surface area contributed by atoms with Gasteiger partial charge in [0.25, 0.3) is 0 Å². The summed E-state index contributed by atoms with van der Waals surface area (Å²) in [7, 11) is 2.08. The molecule has 7 heteroatoms. The van der Waals surface area contributed by atoms with Crippen LogP contribution in [0.25, 0.3) is 16.9 Å². The molecule has 158 valence electrons. The molecule has 3 heterocycles. The van der Waals surface area contributed by atoms with Crippen molar-refractivity contribution in [1.82, 2.24) is 25.3 Å². The van der Waals surface area contributed by atoms with Crippen LogP contribution in [-0.2, 0) is 0 Å². The zero-order valence-corrected chi connectivity index (χ0v) is 18.3. The molecule has 0 spiro atoms. The molecule has 2 N–H and O–H groups in total. The van der Waals surface area contributed by atoms with E-state index in [0.29, 0.717) is 17.3 Å². The number of aromatic nitrogens is 4. The van der Waals surface area contributed by atoms with E-state index in [2.05, 4.69) is 60.3 Å². The summed E-state index contributed by atoms with van der Waals surface area (Å²) in [6.45, 7) is 8.99. The first-order chi connectivity index (χ1) is 14.2. The molecule has 0 atom stereocenters. The molecule has 1 aliphatic heterocycles. The Morgan fingerprint density at radius 1 is 1.03 bits per heavy atom. The Kier molecular flexibility index (Phi) is 5.02. The second-order valence-electron chi connectivity index (χ2n) is 9.46. The normalized spacial score (nSPS) is 18.3. The summed E-state index contributed by atoms with van der Waals surface area (Å²) in [6, 6.07) is 11.5. The molecule has 0 aliphatic carbocycles. The molecule has 7 nitrogen and oxygen atoms in total. The van der Waals surface area contributed by atoms with Crippen molar-refractivity contribution in [2.24, 2.45) is 0 Å². The van der Waals surface area contributed by atoms with E-state index in [9.17, 15) is 5.11 Å². The number of nitrogens with one attached hydrogen (secondary N) is 1. The van der Waals surface area contributed by atoms with Gasteiger partial charge in [-0.25, -0.2) is 4.68 Å². The van der Waals surface area contributed by atoms with Crippen LogP contribution in [-0.4, -0.2) is 49.3 Å². The molecule has 1 aliphatic rings. The van der Waals surface area contributed by atoms with Gasteiger partial charge in [-0.1, -0.05) is 6.07 Å². The average molecular weight is 407 g/mol. The number of hydrogen-bond acceptors (Lipinski definition) is 6. The summed E-state index contributed by atoms with van der Waals surface area (Å²) in [5.41, 5.74) is 2.11. The van der Waals surface area contributed by atoms with Gasteiger partial charge in [0.15, 0.2) is 5.82 Å². The van der Waals surface area contributed by atoms with Gasteiger partial charge in [-0.3, -0.25) is 0 Å². The molecule has 4 rings (SSSR count). The molecule has 0 saturated carbocycles. The van der Waals surface area contributed by atoms with E-state index in [1.54, 1.807) is 23.0 Å². The van der Waals surface area contributed by atoms with Crippen LogP contribution < -0.4 is 10.2 Å². The standard InChI is InChI=1S/C23H30N6O/c1-22(2)14-16(15-23(3,4)27-22)28(5)20-11-10-17(25-26-20)21-18(8-6-9-19(21)30)29-13-7-12-24-29/h6-13,16,27,30H,14-15H2,1-5H3. The monoisotopic (exact) mass is 406 g/mol. The van der Waals surface area contributed by atoms with Crippen LogP contribution in [0.3, 0.4) is 0 Å². The Balaban J connectivity index is 1.63. The average Bonchev–Trinajstić information content (AvgIpc) is 3.19. The SMILES string of the molecule is CN(c1ccc(-c2c(O)cccc2-n2cccn2)nn1)C1CC(C)(C)NC(C)(C)C1. The van der Waals surface area contributed by atoms with Gasteiger partial charge < -0.3 is 15.3 Å². The summed E-state index contributed by atoms with van der Waals surface area (Å²) in [5, 5.41) is 27.5. The van der Waals surface area contributed by atoms with Gasteiger partial charge in [0.1, 0.15) is 5.75 Å². The van der Waals surface area contributed by atoms with E-state index in [1.165, 1.54) is 0 Å². The van der Waals surface area contributed by atoms with Crippen molar-refractivity contribution in [3.63, 3.8) is 0 Å². The second-order valence-corrected chi connectivity index (χ2v) is 9.46. The molecule has 30 heavy (non-hydrogen) atoms. The molecule has 1 saturated heterocycles. The van der Waals surface area contributed by atoms with Crippen LogP contribution >= 0.6 is 0 Å². The Morgan fingerprint density at radius 3 is 2.37 bits per heavy atom. The second kappa shape index (κ2) is 7.40. The number of aromatic hydroxyl groups is 1. The van der Waals surface area contributed by atoms with Crippen molar-refractivity contribution in [1.29, 1.82) is 0 Å². The van der Waals surface area contributed by atoms with Crippen molar-refractivity contribution in [3.8, 4) is 22.7 Å². The van der Waals surface area contributed by atoms with Gasteiger partial charge in [-0.05, 0) is 70.9 Å². The number of rotatable bonds is 4. The molecule has 1 aromatic carbocycles. The van der Waals surface area contributed by atoms with Gasteiger partial charge in [0.05, 0.1) is 16.9 Å². The molecule has 0 radical (unpaired) electrons. The number of hydrogen-bond donors (Lipinski definition) is 2. The van der Waals surface area contributed by atoms with Gasteiger partial charge in [0, 0.05) is 36.6 Å². The lowest BCUT2D eigenvalue weighted by Gasteiger charge is -2.49. The van der Waals surface area contributed by atoms with Crippen LogP contribution in [0.1, 0.15) is 40.5 Å². The predicted octanol–water partition coefficient (Wildman–Crippen LogP) is 3.78. The third-order valence-corrected chi connectivity index (χ3v) is 5.76. The van der Waals surface area contributed by atoms with Crippen molar-refractivity contribution in [2.75, 3.05) is 11.9 Å². The Bertz CT molecular complexity index is 995. The Labute approximate surface area is 177 Å². The number of piperidine rings is 1. The van der Waals surface area contributed by atoms with E-state index >= 15 is 0 Å². The minimum atomic E-state index is 0.0581. The fraction of sp³-hybridized carbons (Fsp3) is 0.435. The van der Waals surface area contributed by atoms with E-state index in [4.69, 9.17) is 0 Å². The van der Waals surface area contributed by atoms with Crippen molar-refractivity contribution >= 4 is 5.82 Å². The summed E-state index contributed by atoms with van der Waals surface area (Å²) >= 11 is 0. The summed E-state index contributed by atoms with van der Waals surface area (Å²) in [4.78, 5) is 2.22. The lowest BCUT2D eigenvalue weighted by Crippen LogP contribution is -2.62. The van der Waals surface area contributed by atoms with E-state index < -0.39 is 0 Å². The third kappa shape index (κ3) is 4.03. The molecule has 1 fully saturated rings. The highest BCUT2D eigenvalue weighted by Crippen LogP contribution is 2.35. The maximum Gasteiger partial charge on any atom is 0.151 e. The maximum absolute atomic E-state index is 10.5. The van der Waals surface area contributed by atoms with Gasteiger partial charge in [0.2, 0.25) is 0 Å². The zero-order chi connectivity index (χ0) is 21.5. The highest BCUT2D eigenvalue weighted by Gasteiger charge is 2.39. The van der Waals surface area contributed by atoms with Crippen LogP contribution in [0.4, 0.5) is 5.82 Å². The minimum Gasteiger partial charge on any atom is -0.507 e.